The second kappa shape index (κ2) is 7.44. The van der Waals surface area contributed by atoms with Crippen LogP contribution in [-0.4, -0.2) is 19.5 Å². The summed E-state index contributed by atoms with van der Waals surface area (Å²) in [6, 6.07) is 6.00. The fourth-order valence-electron chi connectivity index (χ4n) is 2.44. The number of halogens is 1. The molecule has 1 rings (SSSR count). The lowest BCUT2D eigenvalue weighted by Crippen LogP contribution is -2.19. The molecular weight excluding hydrogens is 324 g/mol. The molecule has 0 heterocycles. The van der Waals surface area contributed by atoms with Crippen molar-refractivity contribution < 1.29 is 8.42 Å². The summed E-state index contributed by atoms with van der Waals surface area (Å²) < 4.78 is 24.5. The molecule has 1 unspecified atom stereocenters. The van der Waals surface area contributed by atoms with E-state index in [9.17, 15) is 8.42 Å². The van der Waals surface area contributed by atoms with Crippen molar-refractivity contribution >= 4 is 25.8 Å². The first-order chi connectivity index (χ1) is 8.86. The minimum absolute atomic E-state index is 0.155. The summed E-state index contributed by atoms with van der Waals surface area (Å²) in [5.74, 6) is 0.655. The van der Waals surface area contributed by atoms with Crippen molar-refractivity contribution in [2.24, 2.45) is 5.92 Å². The van der Waals surface area contributed by atoms with E-state index in [4.69, 9.17) is 0 Å². The van der Waals surface area contributed by atoms with Crippen LogP contribution in [0.5, 0.6) is 0 Å². The fraction of sp³-hybridized carbons (Fsp3) is 0.600. The molecule has 0 N–H and O–H groups in total. The highest BCUT2D eigenvalue weighted by Crippen LogP contribution is 2.17. The molecule has 0 bridgehead atoms. The van der Waals surface area contributed by atoms with Crippen molar-refractivity contribution in [1.82, 2.24) is 0 Å². The summed E-state index contributed by atoms with van der Waals surface area (Å²) in [7, 11) is -3.03. The molecule has 1 aromatic rings. The van der Waals surface area contributed by atoms with Gasteiger partial charge in [0.2, 0.25) is 0 Å². The normalized spacial score (nSPS) is 13.5. The van der Waals surface area contributed by atoms with Crippen LogP contribution in [0.25, 0.3) is 0 Å². The lowest BCUT2D eigenvalue weighted by Gasteiger charge is -2.13. The van der Waals surface area contributed by atoms with Gasteiger partial charge in [-0.3, -0.25) is 0 Å². The third-order valence-electron chi connectivity index (χ3n) is 3.07. The summed E-state index contributed by atoms with van der Waals surface area (Å²) in [5, 5.41) is 0.757. The quantitative estimate of drug-likeness (QED) is 0.698. The van der Waals surface area contributed by atoms with Crippen LogP contribution in [0.3, 0.4) is 0 Å². The van der Waals surface area contributed by atoms with Crippen LogP contribution in [0.2, 0.25) is 0 Å². The van der Waals surface area contributed by atoms with Gasteiger partial charge in [0.25, 0.3) is 0 Å². The summed E-state index contributed by atoms with van der Waals surface area (Å²) in [6.07, 6.45) is 1.98. The van der Waals surface area contributed by atoms with Gasteiger partial charge in [-0.15, -0.1) is 0 Å². The molecule has 1 aromatic carbocycles. The van der Waals surface area contributed by atoms with Gasteiger partial charge in [-0.1, -0.05) is 58.6 Å². The molecule has 4 heteroatoms. The average molecular weight is 347 g/mol. The van der Waals surface area contributed by atoms with Gasteiger partial charge in [0.1, 0.15) is 0 Å². The smallest absolute Gasteiger partial charge is 0.154 e. The predicted octanol–water partition coefficient (Wildman–Crippen LogP) is 4.03. The lowest BCUT2D eigenvalue weighted by atomic mass is 10.1. The van der Waals surface area contributed by atoms with E-state index in [0.29, 0.717) is 0 Å². The molecule has 0 amide bonds. The van der Waals surface area contributed by atoms with E-state index < -0.39 is 9.84 Å². The minimum Gasteiger partial charge on any atom is -0.228 e. The first kappa shape index (κ1) is 16.7. The Morgan fingerprint density at radius 2 is 1.74 bits per heavy atom. The third-order valence-corrected chi connectivity index (χ3v) is 5.74. The molecule has 19 heavy (non-hydrogen) atoms. The maximum Gasteiger partial charge on any atom is 0.154 e. The number of rotatable bonds is 7. The number of benzene rings is 1. The molecule has 0 saturated carbocycles. The predicted molar refractivity (Wildman–Crippen MR) is 85.6 cm³/mol. The molecule has 2 nitrogen and oxygen atoms in total. The Kier molecular flexibility index (Phi) is 6.54. The van der Waals surface area contributed by atoms with Gasteiger partial charge in [-0.25, -0.2) is 8.42 Å². The van der Waals surface area contributed by atoms with Crippen molar-refractivity contribution in [3.05, 3.63) is 34.9 Å². The standard InChI is InChI=1S/C15H23BrO2S/c1-4-5-14(9-16)10-19(17,18)11-15-7-12(2)6-13(3)8-15/h6-8,14H,4-5,9-11H2,1-3H3. The molecule has 0 aromatic heterocycles. The molecule has 1 atom stereocenters. The zero-order valence-electron chi connectivity index (χ0n) is 11.9. The van der Waals surface area contributed by atoms with E-state index in [-0.39, 0.29) is 17.4 Å². The summed E-state index contributed by atoms with van der Waals surface area (Å²) in [4.78, 5) is 0. The van der Waals surface area contributed by atoms with Crippen molar-refractivity contribution in [1.29, 1.82) is 0 Å². The highest BCUT2D eigenvalue weighted by molar-refractivity contribution is 9.09. The maximum absolute atomic E-state index is 12.2. The lowest BCUT2D eigenvalue weighted by molar-refractivity contribution is 0.551. The van der Waals surface area contributed by atoms with Crippen LogP contribution in [-0.2, 0) is 15.6 Å². The molecule has 0 aliphatic carbocycles. The summed E-state index contributed by atoms with van der Waals surface area (Å²) in [5.41, 5.74) is 3.15. The molecule has 0 saturated heterocycles. The number of sulfone groups is 1. The first-order valence-electron chi connectivity index (χ1n) is 6.70. The average Bonchev–Trinajstić information content (AvgIpc) is 2.25. The second-order valence-electron chi connectivity index (χ2n) is 5.36. The Hall–Kier alpha value is -0.350. The Morgan fingerprint density at radius 1 is 1.16 bits per heavy atom. The molecule has 0 aliphatic rings. The SMILES string of the molecule is CCCC(CBr)CS(=O)(=O)Cc1cc(C)cc(C)c1. The number of alkyl halides is 1. The monoisotopic (exact) mass is 346 g/mol. The van der Waals surface area contributed by atoms with Crippen molar-refractivity contribution in [3.8, 4) is 0 Å². The van der Waals surface area contributed by atoms with Crippen LogP contribution in [0, 0.1) is 19.8 Å². The van der Waals surface area contributed by atoms with Crippen molar-refractivity contribution in [2.75, 3.05) is 11.1 Å². The second-order valence-corrected chi connectivity index (χ2v) is 8.12. The first-order valence-corrected chi connectivity index (χ1v) is 9.64. The Labute approximate surface area is 125 Å². The molecule has 0 radical (unpaired) electrons. The Bertz CT molecular complexity index is 489. The molecular formula is C15H23BrO2S. The van der Waals surface area contributed by atoms with E-state index >= 15 is 0 Å². The molecule has 0 aliphatic heterocycles. The van der Waals surface area contributed by atoms with Crippen LogP contribution in [0.4, 0.5) is 0 Å². The fourth-order valence-corrected chi connectivity index (χ4v) is 5.09. The maximum atomic E-state index is 12.2. The summed E-state index contributed by atoms with van der Waals surface area (Å²) in [6.45, 7) is 6.09. The van der Waals surface area contributed by atoms with E-state index in [1.165, 1.54) is 0 Å². The van der Waals surface area contributed by atoms with Crippen LogP contribution in [0.1, 0.15) is 36.5 Å². The topological polar surface area (TPSA) is 34.1 Å². The van der Waals surface area contributed by atoms with Gasteiger partial charge in [-0.2, -0.15) is 0 Å². The third kappa shape index (κ3) is 6.09. The zero-order valence-corrected chi connectivity index (χ0v) is 14.4. The van der Waals surface area contributed by atoms with Gasteiger partial charge in [0.15, 0.2) is 9.84 Å². The van der Waals surface area contributed by atoms with E-state index in [1.807, 2.05) is 26.0 Å². The van der Waals surface area contributed by atoms with Crippen LogP contribution in [0.15, 0.2) is 18.2 Å². The van der Waals surface area contributed by atoms with Crippen LogP contribution < -0.4 is 0 Å². The zero-order chi connectivity index (χ0) is 14.5. The van der Waals surface area contributed by atoms with Crippen molar-refractivity contribution in [3.63, 3.8) is 0 Å². The van der Waals surface area contributed by atoms with Crippen molar-refractivity contribution in [2.45, 2.75) is 39.4 Å². The van der Waals surface area contributed by atoms with Gasteiger partial charge >= 0.3 is 0 Å². The van der Waals surface area contributed by atoms with Gasteiger partial charge in [0.05, 0.1) is 11.5 Å². The minimum atomic E-state index is -3.03. The van der Waals surface area contributed by atoms with E-state index in [2.05, 4.69) is 28.9 Å². The summed E-state index contributed by atoms with van der Waals surface area (Å²) >= 11 is 3.41. The number of hydrogen-bond donors (Lipinski definition) is 0. The largest absolute Gasteiger partial charge is 0.228 e. The van der Waals surface area contributed by atoms with E-state index in [0.717, 1.165) is 34.9 Å². The Morgan fingerprint density at radius 3 is 2.21 bits per heavy atom. The number of aryl methyl sites for hydroxylation is 2. The highest BCUT2D eigenvalue weighted by atomic mass is 79.9. The molecule has 0 spiro atoms. The highest BCUT2D eigenvalue weighted by Gasteiger charge is 2.18. The van der Waals surface area contributed by atoms with Gasteiger partial charge in [-0.05, 0) is 31.7 Å². The van der Waals surface area contributed by atoms with Gasteiger partial charge in [0, 0.05) is 5.33 Å². The number of hydrogen-bond acceptors (Lipinski definition) is 2. The Balaban J connectivity index is 2.78. The molecule has 0 fully saturated rings. The molecule has 108 valence electrons. The van der Waals surface area contributed by atoms with Crippen LogP contribution >= 0.6 is 15.9 Å². The van der Waals surface area contributed by atoms with Gasteiger partial charge < -0.3 is 0 Å². The van der Waals surface area contributed by atoms with E-state index in [1.54, 1.807) is 0 Å².